The van der Waals surface area contributed by atoms with Gasteiger partial charge in [-0.2, -0.15) is 13.2 Å². The number of hydrogen-bond donors (Lipinski definition) is 1. The smallest absolute Gasteiger partial charge is 0.375 e. The Morgan fingerprint density at radius 2 is 1.97 bits per heavy atom. The van der Waals surface area contributed by atoms with Crippen molar-refractivity contribution in [1.29, 1.82) is 0 Å². The van der Waals surface area contributed by atoms with Crippen molar-refractivity contribution >= 4 is 5.82 Å². The summed E-state index contributed by atoms with van der Waals surface area (Å²) in [5, 5.41) is 0. The molecule has 3 aromatic rings. The maximum Gasteiger partial charge on any atom is 0.393 e. The lowest BCUT2D eigenvalue weighted by Crippen LogP contribution is -2.28. The SMILES string of the molecule is FC(F)(F)C1CCN(c2nccc(-c3ccccc3)c2-c2nc3c([nH]2)COCC3)C1. The Morgan fingerprint density at radius 1 is 1.13 bits per heavy atom. The molecule has 2 aliphatic heterocycles. The maximum absolute atomic E-state index is 13.3. The molecule has 0 aliphatic carbocycles. The lowest BCUT2D eigenvalue weighted by Gasteiger charge is -2.22. The Morgan fingerprint density at radius 3 is 2.70 bits per heavy atom. The Balaban J connectivity index is 1.63. The number of imidazole rings is 1. The summed E-state index contributed by atoms with van der Waals surface area (Å²) >= 11 is 0. The van der Waals surface area contributed by atoms with E-state index in [0.717, 1.165) is 28.1 Å². The second-order valence-corrected chi connectivity index (χ2v) is 7.71. The number of fused-ring (bicyclic) bond motifs is 1. The number of aromatic nitrogens is 3. The summed E-state index contributed by atoms with van der Waals surface area (Å²) < 4.78 is 45.4. The summed E-state index contributed by atoms with van der Waals surface area (Å²) in [6, 6.07) is 11.7. The van der Waals surface area contributed by atoms with Gasteiger partial charge in [0, 0.05) is 25.7 Å². The minimum atomic E-state index is -4.20. The van der Waals surface area contributed by atoms with E-state index in [2.05, 4.69) is 9.97 Å². The van der Waals surface area contributed by atoms with Crippen LogP contribution in [0.4, 0.5) is 19.0 Å². The van der Waals surface area contributed by atoms with Crippen LogP contribution in [-0.4, -0.2) is 40.8 Å². The van der Waals surface area contributed by atoms with E-state index < -0.39 is 12.1 Å². The molecule has 1 saturated heterocycles. The normalized spacial score (nSPS) is 19.2. The zero-order chi connectivity index (χ0) is 20.7. The molecule has 1 N–H and O–H groups in total. The van der Waals surface area contributed by atoms with E-state index in [1.165, 1.54) is 0 Å². The van der Waals surface area contributed by atoms with E-state index in [9.17, 15) is 13.2 Å². The molecular formula is C22H21F3N4O. The number of ether oxygens (including phenoxy) is 1. The molecule has 1 fully saturated rings. The predicted octanol–water partition coefficient (Wildman–Crippen LogP) is 4.60. The first-order valence-corrected chi connectivity index (χ1v) is 10.0. The van der Waals surface area contributed by atoms with Crippen molar-refractivity contribution in [2.75, 3.05) is 24.6 Å². The van der Waals surface area contributed by atoms with Crippen molar-refractivity contribution in [3.63, 3.8) is 0 Å². The molecule has 30 heavy (non-hydrogen) atoms. The summed E-state index contributed by atoms with van der Waals surface area (Å²) in [4.78, 5) is 14.4. The minimum absolute atomic E-state index is 0.0721. The van der Waals surface area contributed by atoms with E-state index in [4.69, 9.17) is 9.72 Å². The van der Waals surface area contributed by atoms with Crippen LogP contribution >= 0.6 is 0 Å². The molecule has 2 aromatic heterocycles. The topological polar surface area (TPSA) is 54.0 Å². The molecule has 0 amide bonds. The van der Waals surface area contributed by atoms with Gasteiger partial charge in [0.15, 0.2) is 0 Å². The van der Waals surface area contributed by atoms with Crippen molar-refractivity contribution in [3.8, 4) is 22.5 Å². The highest BCUT2D eigenvalue weighted by Crippen LogP contribution is 2.41. The molecule has 0 radical (unpaired) electrons. The first kappa shape index (κ1) is 19.1. The Hall–Kier alpha value is -2.87. The highest BCUT2D eigenvalue weighted by molar-refractivity contribution is 5.88. The number of halogens is 3. The third-order valence-electron chi connectivity index (χ3n) is 5.80. The Kier molecular flexibility index (Phi) is 4.73. The first-order chi connectivity index (χ1) is 14.5. The second-order valence-electron chi connectivity index (χ2n) is 7.71. The number of alkyl halides is 3. The number of aromatic amines is 1. The van der Waals surface area contributed by atoms with Gasteiger partial charge in [0.25, 0.3) is 0 Å². The number of H-pyrrole nitrogens is 1. The van der Waals surface area contributed by atoms with Gasteiger partial charge in [-0.3, -0.25) is 0 Å². The average molecular weight is 414 g/mol. The lowest BCUT2D eigenvalue weighted by atomic mass is 10.00. The Bertz CT molecular complexity index is 1020. The molecule has 2 aliphatic rings. The van der Waals surface area contributed by atoms with Crippen LogP contribution in [0.5, 0.6) is 0 Å². The van der Waals surface area contributed by atoms with Crippen LogP contribution in [0, 0.1) is 5.92 Å². The van der Waals surface area contributed by atoms with E-state index in [1.807, 2.05) is 36.4 Å². The summed E-state index contributed by atoms with van der Waals surface area (Å²) in [6.07, 6.45) is -1.76. The fraction of sp³-hybridized carbons (Fsp3) is 0.364. The fourth-order valence-corrected chi connectivity index (χ4v) is 4.24. The summed E-state index contributed by atoms with van der Waals surface area (Å²) in [6.45, 7) is 1.29. The molecule has 0 saturated carbocycles. The highest BCUT2D eigenvalue weighted by Gasteiger charge is 2.44. The largest absolute Gasteiger partial charge is 0.393 e. The number of nitrogens with one attached hydrogen (secondary N) is 1. The van der Waals surface area contributed by atoms with Gasteiger partial charge in [-0.05, 0) is 23.6 Å². The van der Waals surface area contributed by atoms with Crippen LogP contribution in [0.1, 0.15) is 17.8 Å². The van der Waals surface area contributed by atoms with Gasteiger partial charge in [-0.25, -0.2) is 9.97 Å². The second kappa shape index (κ2) is 7.43. The van der Waals surface area contributed by atoms with E-state index >= 15 is 0 Å². The van der Waals surface area contributed by atoms with Crippen LogP contribution in [0.3, 0.4) is 0 Å². The molecule has 4 heterocycles. The molecule has 156 valence electrons. The standard InChI is InChI=1S/C22H21F3N4O/c23-22(24,25)15-7-10-29(12-15)21-19(20-27-17-8-11-30-13-18(17)28-20)16(6-9-26-21)14-4-2-1-3-5-14/h1-6,9,15H,7-8,10-13H2,(H,27,28). The van der Waals surface area contributed by atoms with Crippen molar-refractivity contribution in [2.24, 2.45) is 5.92 Å². The molecule has 0 bridgehead atoms. The maximum atomic E-state index is 13.3. The van der Waals surface area contributed by atoms with Gasteiger partial charge >= 0.3 is 6.18 Å². The molecule has 1 atom stereocenters. The Labute approximate surface area is 171 Å². The van der Waals surface area contributed by atoms with Crippen molar-refractivity contribution in [3.05, 3.63) is 54.0 Å². The summed E-state index contributed by atoms with van der Waals surface area (Å²) in [5.41, 5.74) is 4.46. The number of hydrogen-bond acceptors (Lipinski definition) is 4. The van der Waals surface area contributed by atoms with Crippen LogP contribution in [0.2, 0.25) is 0 Å². The predicted molar refractivity (Wildman–Crippen MR) is 107 cm³/mol. The number of benzene rings is 1. The van der Waals surface area contributed by atoms with Gasteiger partial charge in [0.1, 0.15) is 11.6 Å². The van der Waals surface area contributed by atoms with E-state index in [0.29, 0.717) is 37.8 Å². The molecule has 1 aromatic carbocycles. The summed E-state index contributed by atoms with van der Waals surface area (Å²) in [7, 11) is 0. The van der Waals surface area contributed by atoms with Gasteiger partial charge in [-0.1, -0.05) is 30.3 Å². The van der Waals surface area contributed by atoms with E-state index in [1.54, 1.807) is 11.1 Å². The van der Waals surface area contributed by atoms with Gasteiger partial charge in [-0.15, -0.1) is 0 Å². The minimum Gasteiger partial charge on any atom is -0.375 e. The van der Waals surface area contributed by atoms with Crippen LogP contribution in [-0.2, 0) is 17.8 Å². The van der Waals surface area contributed by atoms with Gasteiger partial charge in [0.2, 0.25) is 0 Å². The van der Waals surface area contributed by atoms with Crippen molar-refractivity contribution in [1.82, 2.24) is 15.0 Å². The molecule has 8 heteroatoms. The van der Waals surface area contributed by atoms with Crippen LogP contribution < -0.4 is 4.90 Å². The van der Waals surface area contributed by atoms with Crippen LogP contribution in [0.25, 0.3) is 22.5 Å². The molecule has 5 rings (SSSR count). The quantitative estimate of drug-likeness (QED) is 0.681. The summed E-state index contributed by atoms with van der Waals surface area (Å²) in [5.74, 6) is -0.177. The first-order valence-electron chi connectivity index (χ1n) is 10.0. The third kappa shape index (κ3) is 3.45. The number of nitrogens with zero attached hydrogens (tertiary/aromatic N) is 3. The van der Waals surface area contributed by atoms with Crippen LogP contribution in [0.15, 0.2) is 42.6 Å². The molecular weight excluding hydrogens is 393 g/mol. The van der Waals surface area contributed by atoms with E-state index in [-0.39, 0.29) is 13.0 Å². The van der Waals surface area contributed by atoms with Crippen molar-refractivity contribution < 1.29 is 17.9 Å². The average Bonchev–Trinajstić information content (AvgIpc) is 3.41. The van der Waals surface area contributed by atoms with Crippen molar-refractivity contribution in [2.45, 2.75) is 25.6 Å². The number of pyridine rings is 1. The lowest BCUT2D eigenvalue weighted by molar-refractivity contribution is -0.168. The zero-order valence-electron chi connectivity index (χ0n) is 16.2. The number of rotatable bonds is 3. The van der Waals surface area contributed by atoms with Gasteiger partial charge in [0.05, 0.1) is 36.1 Å². The molecule has 0 spiro atoms. The molecule has 1 unspecified atom stereocenters. The van der Waals surface area contributed by atoms with Gasteiger partial charge < -0.3 is 14.6 Å². The number of anilines is 1. The third-order valence-corrected chi connectivity index (χ3v) is 5.80. The highest BCUT2D eigenvalue weighted by atomic mass is 19.4. The zero-order valence-corrected chi connectivity index (χ0v) is 16.2. The fourth-order valence-electron chi connectivity index (χ4n) is 4.24. The molecule has 5 nitrogen and oxygen atoms in total. The monoisotopic (exact) mass is 414 g/mol.